The van der Waals surface area contributed by atoms with Crippen LogP contribution in [0.1, 0.15) is 74.9 Å². The van der Waals surface area contributed by atoms with Crippen molar-refractivity contribution in [1.29, 1.82) is 0 Å². The molecule has 0 atom stereocenters. The van der Waals surface area contributed by atoms with E-state index in [-0.39, 0.29) is 16.2 Å². The van der Waals surface area contributed by atoms with Gasteiger partial charge in [-0.25, -0.2) is 49.8 Å². The zero-order valence-corrected chi connectivity index (χ0v) is 74.6. The zero-order chi connectivity index (χ0) is 90.6. The second kappa shape index (κ2) is 32.6. The molecule has 13 heterocycles. The third kappa shape index (κ3) is 14.2. The van der Waals surface area contributed by atoms with Gasteiger partial charge in [-0.2, -0.15) is 0 Å². The van der Waals surface area contributed by atoms with E-state index in [0.717, 1.165) is 161 Å². The molecule has 16 heteroatoms. The van der Waals surface area contributed by atoms with Gasteiger partial charge in [-0.05, 0) is 198 Å². The monoisotopic (exact) mass is 1730 g/mol. The first kappa shape index (κ1) is 80.8. The summed E-state index contributed by atoms with van der Waals surface area (Å²) in [6.45, 7) is 13.8. The molecule has 13 aromatic heterocycles. The average molecular weight is 1740 g/mol. The van der Waals surface area contributed by atoms with Crippen molar-refractivity contribution >= 4 is 65.7 Å². The number of aromatic nitrogens is 16. The van der Waals surface area contributed by atoms with Crippen LogP contribution in [0, 0.1) is 0 Å². The second-order valence-electron chi connectivity index (χ2n) is 36.1. The SMILES string of the molecule is CC1(C)c2ccccc2-c2ccc(-c3nc(-c4ccc(-c5cccnc5)cc4)cc(-c4ccc(-c5cccnc5)cc4)n3)cc21.CC1(C)c2ccccc2-c2ccc(-c3nc(-c4ccnc5c4ccc4cccnc45)cc(-c4ccnc5c4ccc4cccnc45)n3)cc21.CC1(C)c2ccccc2-c2ccc(-c3nc(-c4ccnc5ncccc45)cc(-c4ccnc5ncccc45)n3)cc21. The highest BCUT2D eigenvalue weighted by atomic mass is 14.9. The normalized spacial score (nSPS) is 13.1. The third-order valence-corrected chi connectivity index (χ3v) is 27.2. The highest BCUT2D eigenvalue weighted by Gasteiger charge is 2.39. The molecule has 0 bridgehead atoms. The van der Waals surface area contributed by atoms with Crippen LogP contribution in [0.3, 0.4) is 0 Å². The van der Waals surface area contributed by atoms with E-state index in [0.29, 0.717) is 28.8 Å². The van der Waals surface area contributed by atoms with E-state index < -0.39 is 0 Å². The summed E-state index contributed by atoms with van der Waals surface area (Å²) in [5.41, 5.74) is 38.3. The Bertz CT molecular complexity index is 8380. The molecule has 0 radical (unpaired) electrons. The molecule has 0 aliphatic heterocycles. The highest BCUT2D eigenvalue weighted by Crippen LogP contribution is 2.54. The van der Waals surface area contributed by atoms with Gasteiger partial charge in [0.25, 0.3) is 0 Å². The molecule has 26 rings (SSSR count). The summed E-state index contributed by atoms with van der Waals surface area (Å²) in [6, 6.07) is 110. The number of pyridine rings is 10. The Morgan fingerprint density at radius 3 is 0.852 bits per heavy atom. The Labute approximate surface area is 778 Å². The number of nitrogens with zero attached hydrogens (tertiary/aromatic N) is 16. The Morgan fingerprint density at radius 1 is 0.178 bits per heavy atom. The van der Waals surface area contributed by atoms with Crippen LogP contribution in [-0.4, -0.2) is 79.7 Å². The zero-order valence-electron chi connectivity index (χ0n) is 74.6. The van der Waals surface area contributed by atoms with Gasteiger partial charge < -0.3 is 0 Å². The van der Waals surface area contributed by atoms with Crippen LogP contribution < -0.4 is 0 Å². The van der Waals surface area contributed by atoms with Crippen LogP contribution in [0.2, 0.25) is 0 Å². The quantitative estimate of drug-likeness (QED) is 0.110. The molecule has 0 N–H and O–H groups in total. The lowest BCUT2D eigenvalue weighted by Crippen LogP contribution is -2.15. The van der Waals surface area contributed by atoms with Gasteiger partial charge in [0.05, 0.1) is 56.2 Å². The lowest BCUT2D eigenvalue weighted by Gasteiger charge is -2.22. The van der Waals surface area contributed by atoms with E-state index in [9.17, 15) is 0 Å². The molecule has 135 heavy (non-hydrogen) atoms. The fourth-order valence-corrected chi connectivity index (χ4v) is 20.2. The van der Waals surface area contributed by atoms with E-state index in [1.165, 1.54) is 66.8 Å². The van der Waals surface area contributed by atoms with Gasteiger partial charge in [-0.1, -0.05) is 248 Å². The van der Waals surface area contributed by atoms with Crippen molar-refractivity contribution in [2.24, 2.45) is 0 Å². The predicted octanol–water partition coefficient (Wildman–Crippen LogP) is 27.6. The first-order valence-electron chi connectivity index (χ1n) is 45.3. The first-order chi connectivity index (χ1) is 66.2. The molecule has 3 aliphatic carbocycles. The first-order valence-corrected chi connectivity index (χ1v) is 45.3. The van der Waals surface area contributed by atoms with Gasteiger partial charge in [-0.15, -0.1) is 0 Å². The largest absolute Gasteiger partial charge is 0.264 e. The Kier molecular flexibility index (Phi) is 19.5. The van der Waals surface area contributed by atoms with E-state index in [4.69, 9.17) is 39.9 Å². The summed E-state index contributed by atoms with van der Waals surface area (Å²) < 4.78 is 0. The molecular formula is C119H82N16. The Balaban J connectivity index is 0.000000111. The maximum Gasteiger partial charge on any atom is 0.160 e. The van der Waals surface area contributed by atoms with Crippen LogP contribution in [0.4, 0.5) is 0 Å². The second-order valence-corrected chi connectivity index (χ2v) is 36.1. The summed E-state index contributed by atoms with van der Waals surface area (Å²) in [5, 5.41) is 5.97. The van der Waals surface area contributed by atoms with Crippen molar-refractivity contribution in [1.82, 2.24) is 79.7 Å². The van der Waals surface area contributed by atoms with Crippen molar-refractivity contribution < 1.29 is 0 Å². The van der Waals surface area contributed by atoms with Crippen LogP contribution in [0.5, 0.6) is 0 Å². The van der Waals surface area contributed by atoms with Crippen LogP contribution in [0.15, 0.2) is 390 Å². The topological polar surface area (TPSA) is 206 Å². The molecule has 16 nitrogen and oxygen atoms in total. The Hall–Kier alpha value is -17.5. The van der Waals surface area contributed by atoms with Crippen LogP contribution in [0.25, 0.3) is 223 Å². The summed E-state index contributed by atoms with van der Waals surface area (Å²) in [6.07, 6.45) is 21.8. The molecular weight excluding hydrogens is 1650 g/mol. The molecule has 0 saturated heterocycles. The highest BCUT2D eigenvalue weighted by molar-refractivity contribution is 6.10. The fourth-order valence-electron chi connectivity index (χ4n) is 20.2. The molecule has 3 aliphatic rings. The smallest absolute Gasteiger partial charge is 0.160 e. The third-order valence-electron chi connectivity index (χ3n) is 27.2. The van der Waals surface area contributed by atoms with E-state index in [2.05, 4.69) is 318 Å². The van der Waals surface area contributed by atoms with Crippen LogP contribution >= 0.6 is 0 Å². The van der Waals surface area contributed by atoms with Crippen LogP contribution in [-0.2, 0) is 16.2 Å². The summed E-state index contributed by atoms with van der Waals surface area (Å²) in [7, 11) is 0. The van der Waals surface area contributed by atoms with E-state index >= 15 is 0 Å². The number of benzene rings is 10. The van der Waals surface area contributed by atoms with Gasteiger partial charge >= 0.3 is 0 Å². The van der Waals surface area contributed by atoms with Crippen molar-refractivity contribution in [3.8, 4) is 157 Å². The number of hydrogen-bond acceptors (Lipinski definition) is 16. The maximum absolute atomic E-state index is 5.29. The summed E-state index contributed by atoms with van der Waals surface area (Å²) in [4.78, 5) is 76.6. The summed E-state index contributed by atoms with van der Waals surface area (Å²) in [5.74, 6) is 2.04. The van der Waals surface area contributed by atoms with E-state index in [1.54, 1.807) is 37.2 Å². The minimum absolute atomic E-state index is 0.105. The van der Waals surface area contributed by atoms with Gasteiger partial charge in [0, 0.05) is 173 Å². The predicted molar refractivity (Wildman–Crippen MR) is 542 cm³/mol. The molecule has 638 valence electrons. The molecule has 0 unspecified atom stereocenters. The molecule has 0 spiro atoms. The maximum atomic E-state index is 5.29. The van der Waals surface area contributed by atoms with Gasteiger partial charge in [0.15, 0.2) is 28.8 Å². The lowest BCUT2D eigenvalue weighted by molar-refractivity contribution is 0.660. The number of fused-ring (bicyclic) bond motifs is 17. The van der Waals surface area contributed by atoms with E-state index in [1.807, 2.05) is 116 Å². The van der Waals surface area contributed by atoms with Gasteiger partial charge in [0.1, 0.15) is 0 Å². The standard InChI is InChI=1S/C43H28N6.C41H30N4.C35H24N6/c1-43(2)34-10-4-3-9-28(34)29-14-13-27(23-35(29)43)42-48-36(30-17-21-46-40-32(30)15-11-25-7-5-19-44-38(25)40)24-37(49-42)31-18-22-47-41-33(31)16-12-26-8-6-20-45-39(26)41;1-41(2)36-10-4-3-9-34(36)35-20-19-31(23-37(35)41)40-44-38(29-15-11-27(12-16-29)32-7-5-21-42-25-32)24-39(45-40)30-17-13-28(14-18-30)33-8-6-22-43-26-33;1-35(2)28-10-4-3-7-22(28)23-12-11-21(19-29(23)35)32-40-30(24-13-17-38-33-26(24)8-5-15-36-33)20-31(41-32)25-14-18-39-34-27(25)9-6-16-37-34/h3-24H,1-2H3;3-26H,1-2H3;3-20H,1-2H3. The molecule has 0 fully saturated rings. The van der Waals surface area contributed by atoms with Crippen molar-refractivity contribution in [2.45, 2.75) is 57.8 Å². The minimum atomic E-state index is -0.146. The van der Waals surface area contributed by atoms with Crippen molar-refractivity contribution in [3.63, 3.8) is 0 Å². The molecule has 0 amide bonds. The molecule has 10 aromatic carbocycles. The Morgan fingerprint density at radius 2 is 0.474 bits per heavy atom. The van der Waals surface area contributed by atoms with Gasteiger partial charge in [0.2, 0.25) is 0 Å². The van der Waals surface area contributed by atoms with Crippen molar-refractivity contribution in [3.05, 3.63) is 423 Å². The fraction of sp³-hybridized carbons (Fsp3) is 0.0756. The molecule has 23 aromatic rings. The number of hydrogen-bond donors (Lipinski definition) is 0. The van der Waals surface area contributed by atoms with Crippen molar-refractivity contribution in [2.75, 3.05) is 0 Å². The average Bonchev–Trinajstić information content (AvgIpc) is 1.60. The molecule has 0 saturated carbocycles. The lowest BCUT2D eigenvalue weighted by atomic mass is 9.82. The number of rotatable bonds is 11. The van der Waals surface area contributed by atoms with Gasteiger partial charge in [-0.3, -0.25) is 29.9 Å². The minimum Gasteiger partial charge on any atom is -0.264 e. The summed E-state index contributed by atoms with van der Waals surface area (Å²) >= 11 is 0.